The Morgan fingerprint density at radius 3 is 1.69 bits per heavy atom. The smallest absolute Gasteiger partial charge is 1.00 e. The first-order chi connectivity index (χ1) is 58.1. The van der Waals surface area contributed by atoms with Gasteiger partial charge in [-0.3, -0.25) is 18.8 Å². The summed E-state index contributed by atoms with van der Waals surface area (Å²) in [6.45, 7) is 17.4. The van der Waals surface area contributed by atoms with Crippen molar-refractivity contribution in [3.05, 3.63) is 135 Å². The van der Waals surface area contributed by atoms with Crippen molar-refractivity contribution < 1.29 is 205 Å². The maximum atomic E-state index is 14.4. The Labute approximate surface area is 791 Å². The largest absolute Gasteiger partial charge is 1.00 e. The summed E-state index contributed by atoms with van der Waals surface area (Å²) < 4.78 is 113. The molecule has 9 aromatic rings. The third kappa shape index (κ3) is 24.8. The second-order valence-electron chi connectivity index (χ2n) is 30.2. The van der Waals surface area contributed by atoms with E-state index < -0.39 is 53.8 Å². The molecule has 0 radical (unpaired) electrons. The minimum absolute atomic E-state index is 0. The summed E-state index contributed by atoms with van der Waals surface area (Å²) in [5.74, 6) is 1.88. The standard InChI is InChI=1S/C28H35FN6O6.C21H21FN6O3.C20H20FN5O4.C8H16ClNO2.CH3F.CH2O3.2K.H/c1-5-38-26(36)19-14-32-35-16-22-24(33-23(19)35)34(20-8-6-9-21(20)40-22)15-17-12-18(29)13-31-25(17)39-11-7-10-30-27(37)41-28(2,3)4;22-13-7-12-10-27-15-3-1-4-16(15)31-17-11-28-18(26-19(17)27)14(9-25-28)20(29)23-5-2-6-30-21(12)24-8-13;1-2-29-20(28)13-8-23-26-10-16-18(24-17(13)26)25(14-4-3-5-15(14)30-16)9-11-6-12(21)7-22-19(11)27;1-8(2,3)12-7(11)10-6-4-5-9;1-2;2-1-4-3;;;/h12-14,16,20-21H,5-11,15H2,1-4H3,(H,30,37);7-9,11,15-16H,1-6,10H2,(H,23,29);6-8,10,14-15H,2-5,9H2,1H3,(H,22,27);4-6H2,1-3H3,(H,10,11);1H3;1,3H;;;/q;;;;;;2*+1;-1/p-1/t20-,21+;15-,16+;14-,15+;;;;;;/m111....../s1/i;;;;1D;;;;. The van der Waals surface area contributed by atoms with E-state index in [0.717, 1.165) is 82.8 Å². The van der Waals surface area contributed by atoms with Crippen molar-refractivity contribution in [2.75, 3.05) is 73.8 Å². The number of amides is 3. The molecule has 648 valence electrons. The number of nitrogens with zero attached hydrogens (tertiary/aromatic N) is 14. The molecule has 3 saturated carbocycles. The number of ether oxygens (including phenoxy) is 9. The molecule has 9 aromatic heterocycles. The van der Waals surface area contributed by atoms with Gasteiger partial charge in [0.1, 0.15) is 63.7 Å². The number of nitrogens with one attached hydrogen (secondary N) is 4. The van der Waals surface area contributed by atoms with Gasteiger partial charge in [-0.25, -0.2) is 70.8 Å². The van der Waals surface area contributed by atoms with Gasteiger partial charge in [0.05, 0.1) is 122 Å². The molecule has 3 fully saturated rings. The normalized spacial score (nSPS) is 18.2. The summed E-state index contributed by atoms with van der Waals surface area (Å²) in [7, 11) is -1.00. The van der Waals surface area contributed by atoms with E-state index in [1.165, 1.54) is 45.8 Å². The number of pyridine rings is 3. The average molecular weight is 1780 g/mol. The van der Waals surface area contributed by atoms with Crippen LogP contribution in [-0.4, -0.2) is 202 Å². The molecule has 0 saturated heterocycles. The summed E-state index contributed by atoms with van der Waals surface area (Å²) in [4.78, 5) is 115. The molecule has 0 aromatic carbocycles. The number of hydrogen-bond donors (Lipinski definition) is 4. The summed E-state index contributed by atoms with van der Waals surface area (Å²) in [5, 5.41) is 29.4. The Morgan fingerprint density at radius 2 is 1.15 bits per heavy atom. The van der Waals surface area contributed by atoms with Crippen LogP contribution in [0.5, 0.6) is 29.0 Å². The second kappa shape index (κ2) is 45.2. The van der Waals surface area contributed by atoms with Crippen LogP contribution in [0.3, 0.4) is 0 Å². The molecule has 0 spiro atoms. The second-order valence-corrected chi connectivity index (χ2v) is 30.6. The number of alkyl halides is 2. The fourth-order valence-electron chi connectivity index (χ4n) is 14.6. The van der Waals surface area contributed by atoms with Crippen molar-refractivity contribution in [1.29, 1.82) is 0 Å². The van der Waals surface area contributed by atoms with Gasteiger partial charge in [0.2, 0.25) is 11.8 Å². The molecule has 6 atom stereocenters. The average Bonchev–Trinajstić information content (AvgIpc) is 1.55. The van der Waals surface area contributed by atoms with Crippen LogP contribution in [-0.2, 0) is 48.3 Å². The maximum Gasteiger partial charge on any atom is 1.00 e. The van der Waals surface area contributed by atoms with Gasteiger partial charge in [0.25, 0.3) is 17.9 Å². The number of H-pyrrole nitrogens is 1. The monoisotopic (exact) mass is 1780 g/mol. The first-order valence-electron chi connectivity index (χ1n) is 39.9. The van der Waals surface area contributed by atoms with E-state index in [1.54, 1.807) is 57.7 Å². The van der Waals surface area contributed by atoms with E-state index >= 15 is 0 Å². The molecule has 4 aliphatic heterocycles. The SMILES string of the molecule is CC(C)(C)OC(=O)NCCCCl.CCOC(=O)c1cnn2cc3c(nc12)N(Cc1cc(F)c[nH]c1=O)[C@@H]1CCC[C@@H]1O3.CCOC(=O)c1cnn2cc3c(nc12)N(Cc1cc(F)cnc1OCCCNC(=O)OC(C)(C)C)[C@@H]1CCC[C@@H]1O3.O=C1NCCCOc2ncc(F)cc2CN2c3nc4c1cnn4cc3O[C@H]1CCC[C@H]12.O=CO[O-].[2H]CF.[H-].[K+].[K+]. The number of alkyl carbamates (subject to hydrolysis) is 2. The summed E-state index contributed by atoms with van der Waals surface area (Å²) in [5.41, 5.74) is 2.20. The van der Waals surface area contributed by atoms with Gasteiger partial charge in [0.15, 0.2) is 51.6 Å². The van der Waals surface area contributed by atoms with Crippen LogP contribution in [0.1, 0.15) is 183 Å². The molecule has 2 bridgehead atoms. The molecule has 3 aliphatic carbocycles. The molecule has 7 aliphatic rings. The van der Waals surface area contributed by atoms with Gasteiger partial charge in [-0.15, -0.1) is 11.6 Å². The number of hydrogen-bond acceptors (Lipinski definition) is 29. The predicted octanol–water partition coefficient (Wildman–Crippen LogP) is 3.48. The van der Waals surface area contributed by atoms with E-state index in [1.807, 2.05) is 25.7 Å². The summed E-state index contributed by atoms with van der Waals surface area (Å²) in [6.07, 6.45) is 22.1. The molecule has 43 heteroatoms. The maximum absolute atomic E-state index is 14.4. The molecule has 3 amide bonds. The van der Waals surface area contributed by atoms with Crippen molar-refractivity contribution in [3.63, 3.8) is 0 Å². The fraction of sp³-hybridized carbons (Fsp3) is 0.506. The zero-order valence-electron chi connectivity index (χ0n) is 71.4. The number of rotatable bonds is 17. The van der Waals surface area contributed by atoms with E-state index in [2.05, 4.69) is 65.9 Å². The number of aromatic nitrogens is 12. The number of carbonyl (C=O) groups is 6. The number of carbonyl (C=O) groups excluding carboxylic acids is 6. The zero-order chi connectivity index (χ0) is 86.7. The van der Waals surface area contributed by atoms with Gasteiger partial charge in [-0.1, -0.05) is 0 Å². The van der Waals surface area contributed by atoms with Crippen LogP contribution >= 0.6 is 11.6 Å². The fourth-order valence-corrected chi connectivity index (χ4v) is 14.7. The van der Waals surface area contributed by atoms with Gasteiger partial charge in [-0.05, 0) is 151 Å². The number of esters is 2. The topological polar surface area (TPSA) is 413 Å². The number of aromatic amines is 1. The Morgan fingerprint density at radius 1 is 0.664 bits per heavy atom. The molecule has 0 unspecified atom stereocenters. The van der Waals surface area contributed by atoms with Crippen LogP contribution in [0.2, 0.25) is 0 Å². The van der Waals surface area contributed by atoms with Crippen molar-refractivity contribution >= 4 is 82.5 Å². The minimum Gasteiger partial charge on any atom is -1.00 e. The van der Waals surface area contributed by atoms with Crippen LogP contribution in [0.15, 0.2) is 78.8 Å². The molecule has 122 heavy (non-hydrogen) atoms. The molecule has 13 heterocycles. The van der Waals surface area contributed by atoms with Crippen LogP contribution in [0.4, 0.5) is 44.6 Å². The van der Waals surface area contributed by atoms with Crippen molar-refractivity contribution in [2.45, 2.75) is 200 Å². The Balaban J connectivity index is 0.000000208. The van der Waals surface area contributed by atoms with E-state index in [-0.39, 0.29) is 209 Å². The van der Waals surface area contributed by atoms with Crippen LogP contribution in [0.25, 0.3) is 16.9 Å². The van der Waals surface area contributed by atoms with E-state index in [9.17, 15) is 46.3 Å². The molecule has 16 rings (SSSR count). The molecular formula is C79H97ClF4K2N18O18. The van der Waals surface area contributed by atoms with E-state index in [0.29, 0.717) is 137 Å². The number of anilines is 3. The van der Waals surface area contributed by atoms with Crippen molar-refractivity contribution in [3.8, 4) is 29.0 Å². The Hall–Kier alpha value is -8.83. The number of halogens is 5. The summed E-state index contributed by atoms with van der Waals surface area (Å²) in [6, 6.07) is 4.22. The van der Waals surface area contributed by atoms with E-state index in [4.69, 9.17) is 75.6 Å². The van der Waals surface area contributed by atoms with Gasteiger partial charge >= 0.3 is 127 Å². The Bertz CT molecular complexity index is 5190. The van der Waals surface area contributed by atoms with Crippen molar-refractivity contribution in [1.82, 2.24) is 74.7 Å². The molecular weight excluding hydrogens is 1680 g/mol. The van der Waals surface area contributed by atoms with Gasteiger partial charge in [0, 0.05) is 48.4 Å². The van der Waals surface area contributed by atoms with Gasteiger partial charge in [-0.2, -0.15) is 15.3 Å². The van der Waals surface area contributed by atoms with Crippen LogP contribution < -0.4 is 168 Å². The third-order valence-corrected chi connectivity index (χ3v) is 19.8. The third-order valence-electron chi connectivity index (χ3n) is 19.5. The molecule has 4 N–H and O–H groups in total. The van der Waals surface area contributed by atoms with Crippen LogP contribution in [0, 0.1) is 17.5 Å². The minimum atomic E-state index is -1.00. The Kier molecular flexibility index (Phi) is 35.3. The molecule has 36 nitrogen and oxygen atoms in total. The predicted molar refractivity (Wildman–Crippen MR) is 423 cm³/mol. The van der Waals surface area contributed by atoms with Crippen molar-refractivity contribution in [2.24, 2.45) is 0 Å². The first-order valence-corrected chi connectivity index (χ1v) is 39.7. The summed E-state index contributed by atoms with van der Waals surface area (Å²) >= 11 is 5.43. The number of fused-ring (bicyclic) bond motifs is 9. The van der Waals surface area contributed by atoms with Gasteiger partial charge < -0.3 is 89.8 Å². The quantitative estimate of drug-likeness (QED) is 0.0117. The first kappa shape index (κ1) is 95.4. The zero-order valence-corrected chi connectivity index (χ0v) is 76.4.